The standard InChI is InChI=1S/C16H15ClINO/c1-16(2,11-6-4-3-5-7-11)15(20)19-14-9-8-12(17)10-13(14)18/h3-10H,1-2H3,(H,19,20). The fourth-order valence-electron chi connectivity index (χ4n) is 1.86. The second kappa shape index (κ2) is 6.14. The molecule has 0 fully saturated rings. The summed E-state index contributed by atoms with van der Waals surface area (Å²) < 4.78 is 0.923. The highest BCUT2D eigenvalue weighted by molar-refractivity contribution is 14.1. The average molecular weight is 400 g/mol. The van der Waals surface area contributed by atoms with E-state index in [1.807, 2.05) is 56.3 Å². The van der Waals surface area contributed by atoms with E-state index in [1.165, 1.54) is 0 Å². The van der Waals surface area contributed by atoms with Gasteiger partial charge in [-0.2, -0.15) is 0 Å². The van der Waals surface area contributed by atoms with Crippen LogP contribution in [0.3, 0.4) is 0 Å². The Balaban J connectivity index is 2.23. The van der Waals surface area contributed by atoms with Crippen LogP contribution in [0.2, 0.25) is 5.02 Å². The lowest BCUT2D eigenvalue weighted by Gasteiger charge is -2.24. The van der Waals surface area contributed by atoms with Gasteiger partial charge in [0, 0.05) is 8.59 Å². The Kier molecular flexibility index (Phi) is 4.70. The van der Waals surface area contributed by atoms with Crippen molar-refractivity contribution in [1.82, 2.24) is 0 Å². The van der Waals surface area contributed by atoms with Crippen molar-refractivity contribution in [1.29, 1.82) is 0 Å². The third kappa shape index (κ3) is 3.33. The lowest BCUT2D eigenvalue weighted by atomic mass is 9.83. The maximum absolute atomic E-state index is 12.5. The zero-order valence-corrected chi connectivity index (χ0v) is 14.2. The fourth-order valence-corrected chi connectivity index (χ4v) is 2.86. The number of benzene rings is 2. The molecular weight excluding hydrogens is 385 g/mol. The largest absolute Gasteiger partial charge is 0.324 e. The summed E-state index contributed by atoms with van der Waals surface area (Å²) in [6.45, 7) is 3.83. The number of carbonyl (C=O) groups is 1. The van der Waals surface area contributed by atoms with Gasteiger partial charge in [-0.15, -0.1) is 0 Å². The molecule has 1 N–H and O–H groups in total. The first kappa shape index (κ1) is 15.3. The lowest BCUT2D eigenvalue weighted by Crippen LogP contribution is -2.34. The van der Waals surface area contributed by atoms with E-state index < -0.39 is 5.41 Å². The van der Waals surface area contributed by atoms with Crippen LogP contribution in [-0.4, -0.2) is 5.91 Å². The molecule has 20 heavy (non-hydrogen) atoms. The van der Waals surface area contributed by atoms with Crippen LogP contribution >= 0.6 is 34.2 Å². The Hall–Kier alpha value is -1.07. The summed E-state index contributed by atoms with van der Waals surface area (Å²) >= 11 is 8.08. The third-order valence-corrected chi connectivity index (χ3v) is 4.37. The molecule has 0 saturated heterocycles. The fraction of sp³-hybridized carbons (Fsp3) is 0.188. The number of rotatable bonds is 3. The van der Waals surface area contributed by atoms with Crippen LogP contribution in [0.25, 0.3) is 0 Å². The van der Waals surface area contributed by atoms with E-state index in [1.54, 1.807) is 6.07 Å². The Labute approximate surface area is 137 Å². The van der Waals surface area contributed by atoms with Gasteiger partial charge in [-0.05, 0) is 60.2 Å². The third-order valence-electron chi connectivity index (χ3n) is 3.24. The Morgan fingerprint density at radius 1 is 1.15 bits per heavy atom. The normalized spacial score (nSPS) is 11.2. The predicted molar refractivity (Wildman–Crippen MR) is 92.3 cm³/mol. The number of halogens is 2. The first-order valence-electron chi connectivity index (χ1n) is 6.23. The van der Waals surface area contributed by atoms with Gasteiger partial charge in [0.1, 0.15) is 0 Å². The summed E-state index contributed by atoms with van der Waals surface area (Å²) in [7, 11) is 0. The average Bonchev–Trinajstić information content (AvgIpc) is 2.42. The molecule has 0 aliphatic carbocycles. The lowest BCUT2D eigenvalue weighted by molar-refractivity contribution is -0.120. The number of anilines is 1. The molecule has 0 heterocycles. The van der Waals surface area contributed by atoms with Crippen molar-refractivity contribution in [3.63, 3.8) is 0 Å². The summed E-state index contributed by atoms with van der Waals surface area (Å²) in [5.41, 5.74) is 1.18. The van der Waals surface area contributed by atoms with Gasteiger partial charge in [0.15, 0.2) is 0 Å². The molecular formula is C16H15ClINO. The van der Waals surface area contributed by atoms with Crippen molar-refractivity contribution >= 4 is 45.8 Å². The smallest absolute Gasteiger partial charge is 0.234 e. The second-order valence-corrected chi connectivity index (χ2v) is 6.67. The first-order valence-corrected chi connectivity index (χ1v) is 7.69. The summed E-state index contributed by atoms with van der Waals surface area (Å²) in [5, 5.41) is 3.63. The molecule has 0 atom stereocenters. The molecule has 104 valence electrons. The predicted octanol–water partition coefficient (Wildman–Crippen LogP) is 4.86. The van der Waals surface area contributed by atoms with Crippen LogP contribution in [0.4, 0.5) is 5.69 Å². The molecule has 0 aliphatic rings. The molecule has 0 bridgehead atoms. The number of amides is 1. The zero-order chi connectivity index (χ0) is 14.8. The van der Waals surface area contributed by atoms with E-state index in [0.29, 0.717) is 5.02 Å². The van der Waals surface area contributed by atoms with Gasteiger partial charge < -0.3 is 5.32 Å². The SMILES string of the molecule is CC(C)(C(=O)Nc1ccc(Cl)cc1I)c1ccccc1. The van der Waals surface area contributed by atoms with Gasteiger partial charge in [-0.3, -0.25) is 4.79 Å². The summed E-state index contributed by atoms with van der Waals surface area (Å²) in [6, 6.07) is 15.2. The molecule has 2 aromatic rings. The van der Waals surface area contributed by atoms with Crippen molar-refractivity contribution in [2.75, 3.05) is 5.32 Å². The highest BCUT2D eigenvalue weighted by Crippen LogP contribution is 2.27. The zero-order valence-electron chi connectivity index (χ0n) is 11.3. The molecule has 4 heteroatoms. The molecule has 0 saturated carbocycles. The van der Waals surface area contributed by atoms with Crippen LogP contribution in [-0.2, 0) is 10.2 Å². The van der Waals surface area contributed by atoms with Crippen LogP contribution in [0.15, 0.2) is 48.5 Å². The molecule has 2 rings (SSSR count). The monoisotopic (exact) mass is 399 g/mol. The van der Waals surface area contributed by atoms with Gasteiger partial charge in [-0.1, -0.05) is 41.9 Å². The number of hydrogen-bond acceptors (Lipinski definition) is 1. The van der Waals surface area contributed by atoms with E-state index in [2.05, 4.69) is 27.9 Å². The molecule has 0 aliphatic heterocycles. The van der Waals surface area contributed by atoms with E-state index >= 15 is 0 Å². The molecule has 1 amide bonds. The van der Waals surface area contributed by atoms with E-state index in [4.69, 9.17) is 11.6 Å². The van der Waals surface area contributed by atoms with Crippen molar-refractivity contribution in [3.05, 3.63) is 62.7 Å². The van der Waals surface area contributed by atoms with E-state index in [0.717, 1.165) is 14.8 Å². The number of carbonyl (C=O) groups excluding carboxylic acids is 1. The molecule has 0 radical (unpaired) electrons. The topological polar surface area (TPSA) is 29.1 Å². The second-order valence-electron chi connectivity index (χ2n) is 5.07. The maximum Gasteiger partial charge on any atom is 0.234 e. The van der Waals surface area contributed by atoms with Crippen molar-refractivity contribution < 1.29 is 4.79 Å². The Morgan fingerprint density at radius 2 is 1.80 bits per heavy atom. The first-order chi connectivity index (χ1) is 9.41. The highest BCUT2D eigenvalue weighted by Gasteiger charge is 2.29. The van der Waals surface area contributed by atoms with Gasteiger partial charge in [0.2, 0.25) is 5.91 Å². The van der Waals surface area contributed by atoms with Crippen molar-refractivity contribution in [2.24, 2.45) is 0 Å². The van der Waals surface area contributed by atoms with Crippen molar-refractivity contribution in [2.45, 2.75) is 19.3 Å². The van der Waals surface area contributed by atoms with Gasteiger partial charge in [0.05, 0.1) is 11.1 Å². The van der Waals surface area contributed by atoms with Gasteiger partial charge in [-0.25, -0.2) is 0 Å². The molecule has 0 aromatic heterocycles. The minimum atomic E-state index is -0.593. The maximum atomic E-state index is 12.5. The van der Waals surface area contributed by atoms with Crippen LogP contribution in [0.1, 0.15) is 19.4 Å². The molecule has 0 unspecified atom stereocenters. The van der Waals surface area contributed by atoms with Gasteiger partial charge in [0.25, 0.3) is 0 Å². The quantitative estimate of drug-likeness (QED) is 0.734. The van der Waals surface area contributed by atoms with Crippen LogP contribution < -0.4 is 5.32 Å². The number of hydrogen-bond donors (Lipinski definition) is 1. The summed E-state index contributed by atoms with van der Waals surface area (Å²) in [6.07, 6.45) is 0. The Bertz CT molecular complexity index is 626. The van der Waals surface area contributed by atoms with E-state index in [-0.39, 0.29) is 5.91 Å². The molecule has 2 aromatic carbocycles. The summed E-state index contributed by atoms with van der Waals surface area (Å²) in [5.74, 6) is -0.0380. The summed E-state index contributed by atoms with van der Waals surface area (Å²) in [4.78, 5) is 12.5. The minimum absolute atomic E-state index is 0.0380. The molecule has 2 nitrogen and oxygen atoms in total. The number of nitrogens with one attached hydrogen (secondary N) is 1. The van der Waals surface area contributed by atoms with Crippen LogP contribution in [0, 0.1) is 3.57 Å². The van der Waals surface area contributed by atoms with E-state index in [9.17, 15) is 4.79 Å². The minimum Gasteiger partial charge on any atom is -0.324 e. The highest BCUT2D eigenvalue weighted by atomic mass is 127. The van der Waals surface area contributed by atoms with Crippen molar-refractivity contribution in [3.8, 4) is 0 Å². The Morgan fingerprint density at radius 3 is 2.40 bits per heavy atom. The molecule has 0 spiro atoms. The van der Waals surface area contributed by atoms with Crippen LogP contribution in [0.5, 0.6) is 0 Å². The van der Waals surface area contributed by atoms with Gasteiger partial charge >= 0.3 is 0 Å².